The second-order valence-electron chi connectivity index (χ2n) is 7.64. The number of piperidine rings is 1. The number of aliphatic hydroxyl groups excluding tert-OH is 1. The molecule has 3 atom stereocenters. The number of fused-ring (bicyclic) bond motifs is 1. The number of benzene rings is 1. The molecule has 26 heavy (non-hydrogen) atoms. The van der Waals surface area contributed by atoms with Crippen LogP contribution in [0.4, 0.5) is 5.69 Å². The highest BCUT2D eigenvalue weighted by molar-refractivity contribution is 7.90. The monoisotopic (exact) mass is 381 g/mol. The summed E-state index contributed by atoms with van der Waals surface area (Å²) in [5, 5.41) is 10.4. The van der Waals surface area contributed by atoms with Crippen LogP contribution in [0, 0.1) is 0 Å². The SMILES string of the molecule is C[C@@H]1CCC[C@H](C)N1C[C@@H](O)CNS(=O)(=O)N1CCCc2ccccc21. The third kappa shape index (κ3) is 4.39. The zero-order valence-electron chi connectivity index (χ0n) is 15.8. The molecule has 0 amide bonds. The van der Waals surface area contributed by atoms with Crippen LogP contribution < -0.4 is 9.03 Å². The molecule has 2 N–H and O–H groups in total. The third-order valence-electron chi connectivity index (χ3n) is 5.66. The van der Waals surface area contributed by atoms with Crippen LogP contribution in [0.2, 0.25) is 0 Å². The molecule has 0 aromatic heterocycles. The van der Waals surface area contributed by atoms with Gasteiger partial charge in [-0.25, -0.2) is 0 Å². The van der Waals surface area contributed by atoms with Gasteiger partial charge in [-0.15, -0.1) is 0 Å². The van der Waals surface area contributed by atoms with Crippen LogP contribution in [0.3, 0.4) is 0 Å². The first kappa shape index (κ1) is 19.6. The van der Waals surface area contributed by atoms with Crippen molar-refractivity contribution in [3.63, 3.8) is 0 Å². The Hall–Kier alpha value is -1.15. The van der Waals surface area contributed by atoms with Gasteiger partial charge in [0.1, 0.15) is 0 Å². The first-order valence-corrected chi connectivity index (χ1v) is 11.1. The molecule has 2 aliphatic rings. The molecule has 7 heteroatoms. The first-order chi connectivity index (χ1) is 12.4. The minimum absolute atomic E-state index is 0.0386. The van der Waals surface area contributed by atoms with Crippen molar-refractivity contribution in [2.75, 3.05) is 23.9 Å². The molecule has 6 nitrogen and oxygen atoms in total. The number of β-amino-alcohol motifs (C(OH)–C–C–N with tert-alkyl or cyclic N) is 1. The number of likely N-dealkylation sites (tertiary alicyclic amines) is 1. The van der Waals surface area contributed by atoms with E-state index in [9.17, 15) is 13.5 Å². The van der Waals surface area contributed by atoms with Gasteiger partial charge in [0.15, 0.2) is 0 Å². The van der Waals surface area contributed by atoms with Crippen molar-refractivity contribution in [1.82, 2.24) is 9.62 Å². The van der Waals surface area contributed by atoms with E-state index < -0.39 is 16.3 Å². The van der Waals surface area contributed by atoms with Crippen LogP contribution in [0.1, 0.15) is 45.1 Å². The normalized spacial score (nSPS) is 25.7. The minimum Gasteiger partial charge on any atom is -0.390 e. The zero-order chi connectivity index (χ0) is 18.7. The molecular weight excluding hydrogens is 350 g/mol. The van der Waals surface area contributed by atoms with E-state index in [2.05, 4.69) is 23.5 Å². The molecule has 1 saturated heterocycles. The van der Waals surface area contributed by atoms with Crippen molar-refractivity contribution in [1.29, 1.82) is 0 Å². The summed E-state index contributed by atoms with van der Waals surface area (Å²) in [5.41, 5.74) is 1.81. The van der Waals surface area contributed by atoms with E-state index in [1.165, 1.54) is 10.7 Å². The predicted octanol–water partition coefficient (Wildman–Crippen LogP) is 1.90. The summed E-state index contributed by atoms with van der Waals surface area (Å²) in [5.74, 6) is 0. The van der Waals surface area contributed by atoms with Gasteiger partial charge < -0.3 is 5.11 Å². The van der Waals surface area contributed by atoms with Crippen LogP contribution in [-0.4, -0.2) is 56.2 Å². The molecule has 0 saturated carbocycles. The number of anilines is 1. The fourth-order valence-electron chi connectivity index (χ4n) is 4.17. The standard InChI is InChI=1S/C19H31N3O3S/c1-15-7-5-8-16(2)21(15)14-18(23)13-20-26(24,25)22-12-6-10-17-9-3-4-11-19(17)22/h3-4,9,11,15-16,18,20,23H,5-8,10,12-14H2,1-2H3/t15-,16+,18-/m0/s1. The second kappa shape index (κ2) is 8.25. The zero-order valence-corrected chi connectivity index (χ0v) is 16.6. The number of hydrogen-bond acceptors (Lipinski definition) is 4. The predicted molar refractivity (Wildman–Crippen MR) is 105 cm³/mol. The lowest BCUT2D eigenvalue weighted by atomic mass is 9.97. The summed E-state index contributed by atoms with van der Waals surface area (Å²) in [6, 6.07) is 8.48. The van der Waals surface area contributed by atoms with Gasteiger partial charge in [-0.1, -0.05) is 24.6 Å². The number of aliphatic hydroxyl groups is 1. The average Bonchev–Trinajstić information content (AvgIpc) is 2.63. The molecule has 1 fully saturated rings. The van der Waals surface area contributed by atoms with Gasteiger partial charge >= 0.3 is 10.2 Å². The van der Waals surface area contributed by atoms with Crippen molar-refractivity contribution in [2.45, 2.75) is 64.1 Å². The number of nitrogens with zero attached hydrogens (tertiary/aromatic N) is 2. The molecule has 0 unspecified atom stereocenters. The fraction of sp³-hybridized carbons (Fsp3) is 0.684. The summed E-state index contributed by atoms with van der Waals surface area (Å²) >= 11 is 0. The van der Waals surface area contributed by atoms with Gasteiger partial charge in [0.25, 0.3) is 0 Å². The van der Waals surface area contributed by atoms with E-state index in [0.717, 1.165) is 36.9 Å². The van der Waals surface area contributed by atoms with Crippen molar-refractivity contribution < 1.29 is 13.5 Å². The quantitative estimate of drug-likeness (QED) is 0.789. The van der Waals surface area contributed by atoms with E-state index in [1.54, 1.807) is 0 Å². The van der Waals surface area contributed by atoms with Crippen molar-refractivity contribution >= 4 is 15.9 Å². The molecule has 1 aromatic rings. The van der Waals surface area contributed by atoms with Crippen molar-refractivity contribution in [3.8, 4) is 0 Å². The lowest BCUT2D eigenvalue weighted by molar-refractivity contribution is 0.0438. The minimum atomic E-state index is -3.65. The Bertz CT molecular complexity index is 700. The summed E-state index contributed by atoms with van der Waals surface area (Å²) in [7, 11) is -3.65. The van der Waals surface area contributed by atoms with Gasteiger partial charge in [0, 0.05) is 31.7 Å². The maximum atomic E-state index is 12.8. The third-order valence-corrected chi connectivity index (χ3v) is 7.15. The molecule has 146 valence electrons. The number of nitrogens with one attached hydrogen (secondary N) is 1. The van der Waals surface area contributed by atoms with Gasteiger partial charge in [-0.05, 0) is 51.2 Å². The number of rotatable bonds is 6. The van der Waals surface area contributed by atoms with E-state index in [-0.39, 0.29) is 6.54 Å². The molecule has 2 heterocycles. The molecule has 0 spiro atoms. The Balaban J connectivity index is 1.60. The summed E-state index contributed by atoms with van der Waals surface area (Å²) in [4.78, 5) is 2.29. The second-order valence-corrected chi connectivity index (χ2v) is 9.32. The van der Waals surface area contributed by atoms with E-state index in [4.69, 9.17) is 0 Å². The van der Waals surface area contributed by atoms with Gasteiger partial charge in [0.05, 0.1) is 11.8 Å². The Labute approximate surface area is 157 Å². The lowest BCUT2D eigenvalue weighted by Crippen LogP contribution is -2.51. The van der Waals surface area contributed by atoms with Crippen LogP contribution in [0.25, 0.3) is 0 Å². The van der Waals surface area contributed by atoms with Gasteiger partial charge in [-0.2, -0.15) is 13.1 Å². The fourth-order valence-corrected chi connectivity index (χ4v) is 5.54. The molecule has 0 radical (unpaired) electrons. The van der Waals surface area contributed by atoms with E-state index >= 15 is 0 Å². The maximum Gasteiger partial charge on any atom is 0.301 e. The molecule has 2 aliphatic heterocycles. The van der Waals surface area contributed by atoms with Gasteiger partial charge in [0.2, 0.25) is 0 Å². The first-order valence-electron chi connectivity index (χ1n) is 9.67. The summed E-state index contributed by atoms with van der Waals surface area (Å²) in [6.07, 6.45) is 4.47. The van der Waals surface area contributed by atoms with Crippen LogP contribution in [-0.2, 0) is 16.6 Å². The number of para-hydroxylation sites is 1. The van der Waals surface area contributed by atoms with E-state index in [0.29, 0.717) is 25.2 Å². The maximum absolute atomic E-state index is 12.8. The Morgan fingerprint density at radius 2 is 1.88 bits per heavy atom. The topological polar surface area (TPSA) is 72.9 Å². The average molecular weight is 382 g/mol. The molecule has 0 bridgehead atoms. The van der Waals surface area contributed by atoms with Crippen molar-refractivity contribution in [2.24, 2.45) is 0 Å². The number of aryl methyl sites for hydroxylation is 1. The highest BCUT2D eigenvalue weighted by Crippen LogP contribution is 2.28. The molecule has 3 rings (SSSR count). The Morgan fingerprint density at radius 1 is 1.19 bits per heavy atom. The van der Waals surface area contributed by atoms with Crippen LogP contribution in [0.5, 0.6) is 0 Å². The van der Waals surface area contributed by atoms with Crippen molar-refractivity contribution in [3.05, 3.63) is 29.8 Å². The van der Waals surface area contributed by atoms with Crippen LogP contribution in [0.15, 0.2) is 24.3 Å². The summed E-state index contributed by atoms with van der Waals surface area (Å²) < 4.78 is 29.6. The Morgan fingerprint density at radius 3 is 2.62 bits per heavy atom. The Kier molecular flexibility index (Phi) is 6.22. The molecule has 0 aliphatic carbocycles. The largest absolute Gasteiger partial charge is 0.390 e. The molecular formula is C19H31N3O3S. The highest BCUT2D eigenvalue weighted by Gasteiger charge is 2.29. The smallest absolute Gasteiger partial charge is 0.301 e. The highest BCUT2D eigenvalue weighted by atomic mass is 32.2. The van der Waals surface area contributed by atoms with Crippen LogP contribution >= 0.6 is 0 Å². The lowest BCUT2D eigenvalue weighted by Gasteiger charge is -2.40. The van der Waals surface area contributed by atoms with E-state index in [1.807, 2.05) is 24.3 Å². The summed E-state index contributed by atoms with van der Waals surface area (Å²) in [6.45, 7) is 5.37. The van der Waals surface area contributed by atoms with Gasteiger partial charge in [-0.3, -0.25) is 9.21 Å². The number of hydrogen-bond donors (Lipinski definition) is 2. The molecule has 1 aromatic carbocycles.